The van der Waals surface area contributed by atoms with Crippen molar-refractivity contribution >= 4 is 15.2 Å². The van der Waals surface area contributed by atoms with Gasteiger partial charge in [-0.1, -0.05) is 83.3 Å². The van der Waals surface area contributed by atoms with Crippen LogP contribution in [0.1, 0.15) is 61.3 Å². The number of benzene rings is 2. The summed E-state index contributed by atoms with van der Waals surface area (Å²) in [7, 11) is 2.85. The minimum Gasteiger partial charge on any atom is -0.383 e. The fraction of sp³-hybridized carbons (Fsp3) is 0.385. The molecule has 166 valence electrons. The van der Waals surface area contributed by atoms with E-state index in [0.717, 1.165) is 37.9 Å². The SMILES string of the molecule is N#Cc1c(-c2ccc(Cc3ccccc3)cc2)nn(C2CCCCCCN(P)CC2)c1N. The van der Waals surface area contributed by atoms with Gasteiger partial charge in [-0.3, -0.25) is 4.67 Å². The van der Waals surface area contributed by atoms with E-state index in [-0.39, 0.29) is 6.04 Å². The van der Waals surface area contributed by atoms with Crippen molar-refractivity contribution in [1.29, 1.82) is 5.26 Å². The zero-order valence-corrected chi connectivity index (χ0v) is 19.7. The predicted molar refractivity (Wildman–Crippen MR) is 134 cm³/mol. The van der Waals surface area contributed by atoms with Gasteiger partial charge in [-0.2, -0.15) is 10.4 Å². The van der Waals surface area contributed by atoms with Crippen LogP contribution in [0.2, 0.25) is 0 Å². The highest BCUT2D eigenvalue weighted by atomic mass is 31.0. The smallest absolute Gasteiger partial charge is 0.140 e. The van der Waals surface area contributed by atoms with Crippen molar-refractivity contribution in [3.8, 4) is 17.3 Å². The molecular formula is C26H32N5P. The number of rotatable bonds is 4. The van der Waals surface area contributed by atoms with Crippen molar-refractivity contribution in [2.75, 3.05) is 18.8 Å². The van der Waals surface area contributed by atoms with Crippen LogP contribution in [0.4, 0.5) is 5.82 Å². The van der Waals surface area contributed by atoms with Crippen LogP contribution in [0.25, 0.3) is 11.3 Å². The van der Waals surface area contributed by atoms with Gasteiger partial charge in [-0.25, -0.2) is 4.68 Å². The van der Waals surface area contributed by atoms with E-state index in [2.05, 4.69) is 68.7 Å². The first-order valence-electron chi connectivity index (χ1n) is 11.6. The Morgan fingerprint density at radius 3 is 2.41 bits per heavy atom. The van der Waals surface area contributed by atoms with Gasteiger partial charge in [0.25, 0.3) is 0 Å². The predicted octanol–water partition coefficient (Wildman–Crippen LogP) is 5.58. The molecule has 32 heavy (non-hydrogen) atoms. The Balaban J connectivity index is 1.58. The van der Waals surface area contributed by atoms with E-state index in [9.17, 15) is 5.26 Å². The minimum atomic E-state index is 0.217. The number of nitrogens with two attached hydrogens (primary N) is 1. The fourth-order valence-electron chi connectivity index (χ4n) is 4.51. The molecule has 0 spiro atoms. The van der Waals surface area contributed by atoms with Crippen molar-refractivity contribution in [3.63, 3.8) is 0 Å². The summed E-state index contributed by atoms with van der Waals surface area (Å²) in [6.45, 7) is 2.09. The third-order valence-corrected chi connectivity index (χ3v) is 6.88. The standard InChI is InChI=1S/C26H32N5P/c27-19-24-25(22-13-11-21(12-14-22)18-20-8-4-3-5-9-20)29-31(26(24)28)23-10-6-1-2-7-16-30(32)17-15-23/h3-5,8-9,11-14,23H,1-2,6-7,10,15-18,28,32H2. The van der Waals surface area contributed by atoms with E-state index in [4.69, 9.17) is 10.8 Å². The van der Waals surface area contributed by atoms with Gasteiger partial charge in [0.1, 0.15) is 23.1 Å². The zero-order chi connectivity index (χ0) is 22.3. The van der Waals surface area contributed by atoms with Gasteiger partial charge in [-0.05, 0) is 36.8 Å². The molecule has 0 amide bonds. The molecule has 0 saturated carbocycles. The monoisotopic (exact) mass is 445 g/mol. The highest BCUT2D eigenvalue weighted by molar-refractivity contribution is 7.13. The van der Waals surface area contributed by atoms with Gasteiger partial charge < -0.3 is 5.73 Å². The maximum atomic E-state index is 9.85. The van der Waals surface area contributed by atoms with Crippen LogP contribution >= 0.6 is 9.39 Å². The maximum absolute atomic E-state index is 9.85. The van der Waals surface area contributed by atoms with Gasteiger partial charge in [0, 0.05) is 18.7 Å². The van der Waals surface area contributed by atoms with Crippen molar-refractivity contribution < 1.29 is 0 Å². The Kier molecular flexibility index (Phi) is 7.58. The topological polar surface area (TPSA) is 70.9 Å². The summed E-state index contributed by atoms with van der Waals surface area (Å²) in [6, 6.07) is 21.3. The lowest BCUT2D eigenvalue weighted by atomic mass is 10.0. The molecule has 1 aliphatic heterocycles. The second kappa shape index (κ2) is 10.8. The van der Waals surface area contributed by atoms with Crippen molar-refractivity contribution in [2.24, 2.45) is 0 Å². The molecule has 0 aliphatic carbocycles. The molecule has 2 unspecified atom stereocenters. The van der Waals surface area contributed by atoms with Crippen LogP contribution in [-0.2, 0) is 6.42 Å². The average molecular weight is 446 g/mol. The first-order valence-corrected chi connectivity index (χ1v) is 12.1. The van der Waals surface area contributed by atoms with Gasteiger partial charge in [0.05, 0.1) is 6.04 Å². The van der Waals surface area contributed by atoms with Crippen LogP contribution in [0.3, 0.4) is 0 Å². The summed E-state index contributed by atoms with van der Waals surface area (Å²) < 4.78 is 4.24. The van der Waals surface area contributed by atoms with E-state index < -0.39 is 0 Å². The largest absolute Gasteiger partial charge is 0.383 e. The molecule has 3 aromatic rings. The van der Waals surface area contributed by atoms with Crippen LogP contribution in [0.5, 0.6) is 0 Å². The third kappa shape index (κ3) is 5.38. The molecule has 4 rings (SSSR count). The molecule has 1 saturated heterocycles. The van der Waals surface area contributed by atoms with Gasteiger partial charge in [0.15, 0.2) is 0 Å². The molecule has 1 fully saturated rings. The summed E-state index contributed by atoms with van der Waals surface area (Å²) in [5.41, 5.74) is 11.1. The Hall–Kier alpha value is -2.67. The molecule has 2 N–H and O–H groups in total. The lowest BCUT2D eigenvalue weighted by Crippen LogP contribution is -2.22. The molecule has 2 aromatic carbocycles. The van der Waals surface area contributed by atoms with E-state index in [1.807, 2.05) is 10.7 Å². The molecular weight excluding hydrogens is 413 g/mol. The number of anilines is 1. The van der Waals surface area contributed by atoms with Crippen LogP contribution in [0.15, 0.2) is 54.6 Å². The number of nitrogen functional groups attached to an aromatic ring is 1. The molecule has 1 aliphatic rings. The van der Waals surface area contributed by atoms with E-state index in [1.165, 1.54) is 36.8 Å². The highest BCUT2D eigenvalue weighted by Crippen LogP contribution is 2.32. The number of hydrogen-bond donors (Lipinski definition) is 1. The second-order valence-electron chi connectivity index (χ2n) is 8.71. The first-order chi connectivity index (χ1) is 15.7. The number of nitrogens with zero attached hydrogens (tertiary/aromatic N) is 4. The molecule has 1 aromatic heterocycles. The van der Waals surface area contributed by atoms with Crippen LogP contribution < -0.4 is 5.73 Å². The summed E-state index contributed by atoms with van der Waals surface area (Å²) >= 11 is 0. The fourth-order valence-corrected chi connectivity index (χ4v) is 4.85. The normalized spacial score (nSPS) is 18.2. The Labute approximate surface area is 193 Å². The molecule has 0 bridgehead atoms. The quantitative estimate of drug-likeness (QED) is 0.532. The van der Waals surface area contributed by atoms with E-state index >= 15 is 0 Å². The lowest BCUT2D eigenvalue weighted by Gasteiger charge is -2.24. The Morgan fingerprint density at radius 2 is 1.66 bits per heavy atom. The molecule has 6 heteroatoms. The van der Waals surface area contributed by atoms with Crippen LogP contribution in [0, 0.1) is 11.3 Å². The van der Waals surface area contributed by atoms with Crippen molar-refractivity contribution in [1.82, 2.24) is 14.5 Å². The number of aromatic nitrogens is 2. The first kappa shape index (κ1) is 22.5. The lowest BCUT2D eigenvalue weighted by molar-refractivity contribution is 0.325. The molecule has 2 atom stereocenters. The van der Waals surface area contributed by atoms with Crippen LogP contribution in [-0.4, -0.2) is 27.5 Å². The van der Waals surface area contributed by atoms with Gasteiger partial charge in [0.2, 0.25) is 0 Å². The zero-order valence-electron chi connectivity index (χ0n) is 18.6. The Bertz CT molecular complexity index is 1050. The van der Waals surface area contributed by atoms with Gasteiger partial charge >= 0.3 is 0 Å². The van der Waals surface area contributed by atoms with Crippen molar-refractivity contribution in [2.45, 2.75) is 51.0 Å². The highest BCUT2D eigenvalue weighted by Gasteiger charge is 2.23. The minimum absolute atomic E-state index is 0.217. The number of nitriles is 1. The summed E-state index contributed by atoms with van der Waals surface area (Å²) in [6.07, 6.45) is 7.83. The molecule has 0 radical (unpaired) electrons. The maximum Gasteiger partial charge on any atom is 0.140 e. The average Bonchev–Trinajstić information content (AvgIpc) is 3.15. The third-order valence-electron chi connectivity index (χ3n) is 6.37. The van der Waals surface area contributed by atoms with Crippen molar-refractivity contribution in [3.05, 3.63) is 71.3 Å². The summed E-state index contributed by atoms with van der Waals surface area (Å²) in [5.74, 6) is 0.494. The summed E-state index contributed by atoms with van der Waals surface area (Å²) in [4.78, 5) is 0. The van der Waals surface area contributed by atoms with E-state index in [0.29, 0.717) is 17.1 Å². The summed E-state index contributed by atoms with van der Waals surface area (Å²) in [5, 5.41) is 14.7. The van der Waals surface area contributed by atoms with Gasteiger partial charge in [-0.15, -0.1) is 0 Å². The van der Waals surface area contributed by atoms with E-state index in [1.54, 1.807) is 0 Å². The number of hydrogen-bond acceptors (Lipinski definition) is 4. The molecule has 2 heterocycles. The molecule has 5 nitrogen and oxygen atoms in total. The second-order valence-corrected chi connectivity index (χ2v) is 9.44. The Morgan fingerprint density at radius 1 is 0.938 bits per heavy atom.